The van der Waals surface area contributed by atoms with E-state index in [1.807, 2.05) is 25.8 Å². The predicted octanol–water partition coefficient (Wildman–Crippen LogP) is 4.02. The standard InChI is InChI=1S/C17H22F2N2OS/c1-5-15-20-10(2)17(23-15)11(3)21(4)9-14(22)16-12(18)7-6-8-13(16)19/h6-8,11,14,22H,5,9H2,1-4H3. The van der Waals surface area contributed by atoms with Gasteiger partial charge in [0.15, 0.2) is 0 Å². The van der Waals surface area contributed by atoms with Crippen LogP contribution in [0.3, 0.4) is 0 Å². The second kappa shape index (κ2) is 7.47. The second-order valence-corrected chi connectivity index (χ2v) is 6.79. The molecule has 1 heterocycles. The van der Waals surface area contributed by atoms with E-state index in [4.69, 9.17) is 0 Å². The van der Waals surface area contributed by atoms with E-state index < -0.39 is 17.7 Å². The van der Waals surface area contributed by atoms with Gasteiger partial charge in [-0.2, -0.15) is 0 Å². The molecule has 2 aromatic rings. The molecule has 2 rings (SSSR count). The molecule has 1 aromatic heterocycles. The summed E-state index contributed by atoms with van der Waals surface area (Å²) in [5.41, 5.74) is 0.694. The van der Waals surface area contributed by atoms with E-state index in [2.05, 4.69) is 11.9 Å². The van der Waals surface area contributed by atoms with Crippen molar-refractivity contribution in [2.45, 2.75) is 39.3 Å². The Morgan fingerprint density at radius 2 is 1.91 bits per heavy atom. The summed E-state index contributed by atoms with van der Waals surface area (Å²) in [7, 11) is 1.83. The average Bonchev–Trinajstić information content (AvgIpc) is 2.87. The molecule has 0 bridgehead atoms. The summed E-state index contributed by atoms with van der Waals surface area (Å²) in [5, 5.41) is 11.3. The van der Waals surface area contributed by atoms with Gasteiger partial charge in [-0.1, -0.05) is 13.0 Å². The molecule has 0 aliphatic heterocycles. The van der Waals surface area contributed by atoms with Gasteiger partial charge in [-0.05, 0) is 39.4 Å². The number of aliphatic hydroxyl groups is 1. The maximum absolute atomic E-state index is 13.8. The summed E-state index contributed by atoms with van der Waals surface area (Å²) >= 11 is 1.64. The number of hydrogen-bond acceptors (Lipinski definition) is 4. The number of aliphatic hydroxyl groups excluding tert-OH is 1. The number of aromatic nitrogens is 1. The molecule has 0 saturated carbocycles. The Labute approximate surface area is 139 Å². The highest BCUT2D eigenvalue weighted by molar-refractivity contribution is 7.11. The van der Waals surface area contributed by atoms with Crippen LogP contribution < -0.4 is 0 Å². The van der Waals surface area contributed by atoms with Crippen LogP contribution in [0.25, 0.3) is 0 Å². The Kier molecular flexibility index (Phi) is 5.84. The van der Waals surface area contributed by atoms with Crippen LogP contribution in [0.15, 0.2) is 18.2 Å². The molecule has 0 aliphatic carbocycles. The van der Waals surface area contributed by atoms with Gasteiger partial charge in [-0.15, -0.1) is 11.3 Å². The lowest BCUT2D eigenvalue weighted by molar-refractivity contribution is 0.103. The lowest BCUT2D eigenvalue weighted by atomic mass is 10.1. The number of hydrogen-bond donors (Lipinski definition) is 1. The molecule has 0 aliphatic rings. The molecule has 1 N–H and O–H groups in total. The van der Waals surface area contributed by atoms with Crippen LogP contribution in [-0.4, -0.2) is 28.6 Å². The van der Waals surface area contributed by atoms with E-state index in [9.17, 15) is 13.9 Å². The molecule has 23 heavy (non-hydrogen) atoms. The summed E-state index contributed by atoms with van der Waals surface area (Å²) < 4.78 is 27.5. The first kappa shape index (κ1) is 18.0. The smallest absolute Gasteiger partial charge is 0.131 e. The van der Waals surface area contributed by atoms with E-state index in [0.717, 1.165) is 34.1 Å². The third-order valence-corrected chi connectivity index (χ3v) is 5.49. The molecule has 0 spiro atoms. The van der Waals surface area contributed by atoms with Gasteiger partial charge in [0.1, 0.15) is 11.6 Å². The van der Waals surface area contributed by atoms with Gasteiger partial charge < -0.3 is 5.11 Å². The van der Waals surface area contributed by atoms with Crippen LogP contribution >= 0.6 is 11.3 Å². The Balaban J connectivity index is 2.14. The molecule has 6 heteroatoms. The Hall–Kier alpha value is -1.37. The summed E-state index contributed by atoms with van der Waals surface area (Å²) in [6, 6.07) is 3.62. The lowest BCUT2D eigenvalue weighted by Crippen LogP contribution is -2.28. The maximum Gasteiger partial charge on any atom is 0.131 e. The Bertz CT molecular complexity index is 654. The minimum Gasteiger partial charge on any atom is -0.387 e. The van der Waals surface area contributed by atoms with Crippen molar-refractivity contribution in [2.24, 2.45) is 0 Å². The molecular formula is C17H22F2N2OS. The van der Waals surface area contributed by atoms with E-state index in [1.165, 1.54) is 6.07 Å². The average molecular weight is 340 g/mol. The highest BCUT2D eigenvalue weighted by Crippen LogP contribution is 2.30. The number of rotatable bonds is 6. The zero-order valence-electron chi connectivity index (χ0n) is 13.8. The number of halogens is 2. The molecule has 0 amide bonds. The molecular weight excluding hydrogens is 318 g/mol. The van der Waals surface area contributed by atoms with Crippen molar-refractivity contribution >= 4 is 11.3 Å². The molecule has 2 unspecified atom stereocenters. The molecule has 2 atom stereocenters. The third-order valence-electron chi connectivity index (χ3n) is 4.01. The fraction of sp³-hybridized carbons (Fsp3) is 0.471. The monoisotopic (exact) mass is 340 g/mol. The predicted molar refractivity (Wildman–Crippen MR) is 88.6 cm³/mol. The zero-order chi connectivity index (χ0) is 17.1. The van der Waals surface area contributed by atoms with Crippen LogP contribution in [0, 0.1) is 18.6 Å². The quantitative estimate of drug-likeness (QED) is 0.863. The number of benzene rings is 1. The second-order valence-electron chi connectivity index (χ2n) is 5.68. The summed E-state index contributed by atoms with van der Waals surface area (Å²) in [5.74, 6) is -1.44. The maximum atomic E-state index is 13.8. The Morgan fingerprint density at radius 1 is 1.30 bits per heavy atom. The molecule has 3 nitrogen and oxygen atoms in total. The highest BCUT2D eigenvalue weighted by atomic mass is 32.1. The molecule has 1 aromatic carbocycles. The van der Waals surface area contributed by atoms with E-state index >= 15 is 0 Å². The van der Waals surface area contributed by atoms with E-state index in [1.54, 1.807) is 11.3 Å². The van der Waals surface area contributed by atoms with Crippen LogP contribution in [0.2, 0.25) is 0 Å². The fourth-order valence-electron chi connectivity index (χ4n) is 2.56. The summed E-state index contributed by atoms with van der Waals surface area (Å²) in [4.78, 5) is 7.51. The van der Waals surface area contributed by atoms with Crippen LogP contribution in [-0.2, 0) is 6.42 Å². The SMILES string of the molecule is CCc1nc(C)c(C(C)N(C)CC(O)c2c(F)cccc2F)s1. The number of likely N-dealkylation sites (N-methyl/N-ethyl adjacent to an activating group) is 1. The van der Waals surface area contributed by atoms with Crippen molar-refractivity contribution < 1.29 is 13.9 Å². The topological polar surface area (TPSA) is 36.4 Å². The van der Waals surface area contributed by atoms with Crippen molar-refractivity contribution in [3.63, 3.8) is 0 Å². The van der Waals surface area contributed by atoms with Gasteiger partial charge >= 0.3 is 0 Å². The van der Waals surface area contributed by atoms with Crippen molar-refractivity contribution in [3.05, 3.63) is 51.0 Å². The molecule has 0 fully saturated rings. The van der Waals surface area contributed by atoms with E-state index in [-0.39, 0.29) is 18.2 Å². The van der Waals surface area contributed by atoms with Crippen LogP contribution in [0.5, 0.6) is 0 Å². The van der Waals surface area contributed by atoms with E-state index in [0.29, 0.717) is 0 Å². The summed E-state index contributed by atoms with van der Waals surface area (Å²) in [6.45, 7) is 6.16. The zero-order valence-corrected chi connectivity index (χ0v) is 14.6. The number of thiazole rings is 1. The van der Waals surface area contributed by atoms with Crippen molar-refractivity contribution in [2.75, 3.05) is 13.6 Å². The first-order chi connectivity index (χ1) is 10.8. The number of aryl methyl sites for hydroxylation is 2. The Morgan fingerprint density at radius 3 is 2.43 bits per heavy atom. The third kappa shape index (κ3) is 3.94. The largest absolute Gasteiger partial charge is 0.387 e. The van der Waals surface area contributed by atoms with Crippen LogP contribution in [0.1, 0.15) is 47.1 Å². The normalized spacial score (nSPS) is 14.3. The minimum atomic E-state index is -1.22. The molecule has 0 saturated heterocycles. The van der Waals surface area contributed by atoms with Crippen molar-refractivity contribution in [1.29, 1.82) is 0 Å². The first-order valence-electron chi connectivity index (χ1n) is 7.63. The molecule has 126 valence electrons. The van der Waals surface area contributed by atoms with Crippen molar-refractivity contribution in [1.82, 2.24) is 9.88 Å². The van der Waals surface area contributed by atoms with Gasteiger partial charge in [0.2, 0.25) is 0 Å². The van der Waals surface area contributed by atoms with Gasteiger partial charge in [0.05, 0.1) is 22.4 Å². The van der Waals surface area contributed by atoms with Crippen LogP contribution in [0.4, 0.5) is 8.78 Å². The van der Waals surface area contributed by atoms with Gasteiger partial charge in [-0.3, -0.25) is 4.90 Å². The van der Waals surface area contributed by atoms with Gasteiger partial charge in [0.25, 0.3) is 0 Å². The van der Waals surface area contributed by atoms with Gasteiger partial charge in [0, 0.05) is 17.5 Å². The molecule has 0 radical (unpaired) electrons. The minimum absolute atomic E-state index is 0.0114. The summed E-state index contributed by atoms with van der Waals surface area (Å²) in [6.07, 6.45) is -0.340. The van der Waals surface area contributed by atoms with Crippen molar-refractivity contribution in [3.8, 4) is 0 Å². The fourth-order valence-corrected chi connectivity index (χ4v) is 3.68. The number of nitrogens with zero attached hydrogens (tertiary/aromatic N) is 2. The highest BCUT2D eigenvalue weighted by Gasteiger charge is 2.23. The lowest BCUT2D eigenvalue weighted by Gasteiger charge is -2.27. The van der Waals surface area contributed by atoms with Gasteiger partial charge in [-0.25, -0.2) is 13.8 Å². The first-order valence-corrected chi connectivity index (χ1v) is 8.45.